The topological polar surface area (TPSA) is 81.9 Å². The zero-order valence-corrected chi connectivity index (χ0v) is 17.2. The Balaban J connectivity index is 1.46. The van der Waals surface area contributed by atoms with Gasteiger partial charge in [-0.1, -0.05) is 0 Å². The molecule has 0 fully saturated rings. The molecule has 0 radical (unpaired) electrons. The second-order valence-electron chi connectivity index (χ2n) is 6.71. The van der Waals surface area contributed by atoms with E-state index in [9.17, 15) is 13.6 Å². The molecular formula is C20H17F2N5O2S. The summed E-state index contributed by atoms with van der Waals surface area (Å²) in [5.41, 5.74) is 2.75. The number of thiazole rings is 1. The number of anilines is 1. The first-order chi connectivity index (χ1) is 14.3. The van der Waals surface area contributed by atoms with Crippen LogP contribution in [0.15, 0.2) is 29.6 Å². The lowest BCUT2D eigenvalue weighted by Crippen LogP contribution is -2.20. The lowest BCUT2D eigenvalue weighted by Gasteiger charge is -2.05. The maximum atomic E-state index is 13.9. The van der Waals surface area contributed by atoms with Crippen LogP contribution < -0.4 is 10.1 Å². The third-order valence-electron chi connectivity index (χ3n) is 4.38. The van der Waals surface area contributed by atoms with Crippen LogP contribution in [0.25, 0.3) is 22.3 Å². The van der Waals surface area contributed by atoms with E-state index < -0.39 is 17.5 Å². The number of nitrogens with zero attached hydrogens (tertiary/aromatic N) is 4. The Labute approximate surface area is 174 Å². The molecule has 0 saturated carbocycles. The average Bonchev–Trinajstić information content (AvgIpc) is 3.27. The number of ether oxygens (including phenoxy) is 1. The minimum atomic E-state index is -0.593. The van der Waals surface area contributed by atoms with Crippen molar-refractivity contribution in [2.75, 3.05) is 11.9 Å². The number of hydrogen-bond acceptors (Lipinski definition) is 6. The summed E-state index contributed by atoms with van der Waals surface area (Å²) in [5, 5.41) is 9.42. The Kier molecular flexibility index (Phi) is 5.17. The zero-order chi connectivity index (χ0) is 21.4. The molecule has 4 aromatic rings. The van der Waals surface area contributed by atoms with E-state index in [-0.39, 0.29) is 23.0 Å². The number of hydrogen-bond donors (Lipinski definition) is 1. The second-order valence-corrected chi connectivity index (χ2v) is 7.56. The Hall–Kier alpha value is -3.40. The van der Waals surface area contributed by atoms with Gasteiger partial charge in [-0.3, -0.25) is 10.1 Å². The average molecular weight is 429 g/mol. The number of carbonyl (C=O) groups excluding carboxylic acids is 1. The van der Waals surface area contributed by atoms with E-state index in [4.69, 9.17) is 4.74 Å². The smallest absolute Gasteiger partial charge is 0.264 e. The number of fused-ring (bicyclic) bond motifs is 1. The number of aryl methyl sites for hydroxylation is 3. The molecule has 7 nitrogen and oxygen atoms in total. The normalized spacial score (nSPS) is 11.1. The molecule has 0 atom stereocenters. The van der Waals surface area contributed by atoms with Gasteiger partial charge in [-0.15, -0.1) is 16.4 Å². The van der Waals surface area contributed by atoms with E-state index in [1.165, 1.54) is 5.38 Å². The van der Waals surface area contributed by atoms with E-state index in [0.29, 0.717) is 11.5 Å². The van der Waals surface area contributed by atoms with Crippen molar-refractivity contribution in [1.29, 1.82) is 0 Å². The molecule has 1 aromatic carbocycles. The minimum absolute atomic E-state index is 0.0289. The summed E-state index contributed by atoms with van der Waals surface area (Å²) in [7, 11) is 1.75. The molecular weight excluding hydrogens is 412 g/mol. The molecule has 30 heavy (non-hydrogen) atoms. The van der Waals surface area contributed by atoms with E-state index >= 15 is 0 Å². The summed E-state index contributed by atoms with van der Waals surface area (Å²) >= 11 is 1.10. The quantitative estimate of drug-likeness (QED) is 0.519. The van der Waals surface area contributed by atoms with Crippen LogP contribution in [0.5, 0.6) is 5.88 Å². The Morgan fingerprint density at radius 1 is 1.23 bits per heavy atom. The molecule has 0 spiro atoms. The van der Waals surface area contributed by atoms with E-state index in [2.05, 4.69) is 20.4 Å². The van der Waals surface area contributed by atoms with Gasteiger partial charge < -0.3 is 4.74 Å². The van der Waals surface area contributed by atoms with Gasteiger partial charge >= 0.3 is 0 Å². The zero-order valence-electron chi connectivity index (χ0n) is 16.4. The number of benzene rings is 1. The molecule has 0 aliphatic heterocycles. The monoisotopic (exact) mass is 429 g/mol. The molecule has 0 unspecified atom stereocenters. The number of pyridine rings is 1. The summed E-state index contributed by atoms with van der Waals surface area (Å²) in [6.07, 6.45) is 0. The summed E-state index contributed by atoms with van der Waals surface area (Å²) < 4.78 is 34.5. The molecule has 3 aromatic heterocycles. The van der Waals surface area contributed by atoms with Crippen molar-refractivity contribution in [2.45, 2.75) is 13.8 Å². The molecule has 0 aliphatic carbocycles. The number of carbonyl (C=O) groups is 1. The largest absolute Gasteiger partial charge is 0.466 e. The molecule has 1 amide bonds. The maximum absolute atomic E-state index is 13.9. The predicted octanol–water partition coefficient (Wildman–Crippen LogP) is 4.00. The first-order valence-corrected chi connectivity index (χ1v) is 9.84. The molecule has 0 aliphatic rings. The lowest BCUT2D eigenvalue weighted by atomic mass is 10.1. The van der Waals surface area contributed by atoms with Crippen molar-refractivity contribution < 1.29 is 18.3 Å². The van der Waals surface area contributed by atoms with Crippen LogP contribution in [-0.2, 0) is 11.8 Å². The van der Waals surface area contributed by atoms with Crippen LogP contribution in [0, 0.1) is 25.5 Å². The first-order valence-electron chi connectivity index (χ1n) is 8.96. The van der Waals surface area contributed by atoms with Crippen LogP contribution in [0.1, 0.15) is 11.3 Å². The number of amides is 1. The van der Waals surface area contributed by atoms with Crippen molar-refractivity contribution in [1.82, 2.24) is 19.7 Å². The highest BCUT2D eigenvalue weighted by molar-refractivity contribution is 7.14. The van der Waals surface area contributed by atoms with Crippen LogP contribution in [0.4, 0.5) is 13.9 Å². The van der Waals surface area contributed by atoms with Crippen LogP contribution in [-0.4, -0.2) is 32.3 Å². The van der Waals surface area contributed by atoms with Crippen molar-refractivity contribution in [3.63, 3.8) is 0 Å². The van der Waals surface area contributed by atoms with Gasteiger partial charge in [0.15, 0.2) is 17.4 Å². The Bertz CT molecular complexity index is 1270. The fourth-order valence-corrected chi connectivity index (χ4v) is 3.81. The van der Waals surface area contributed by atoms with Gasteiger partial charge in [0.25, 0.3) is 5.91 Å². The first kappa shape index (κ1) is 19.9. The molecule has 0 bridgehead atoms. The van der Waals surface area contributed by atoms with Gasteiger partial charge in [-0.2, -0.15) is 0 Å². The highest BCUT2D eigenvalue weighted by Crippen LogP contribution is 2.29. The van der Waals surface area contributed by atoms with Gasteiger partial charge in [0.2, 0.25) is 5.88 Å². The fourth-order valence-electron chi connectivity index (χ4n) is 3.09. The predicted molar refractivity (Wildman–Crippen MR) is 110 cm³/mol. The molecule has 0 saturated heterocycles. The lowest BCUT2D eigenvalue weighted by molar-refractivity contribution is -0.118. The molecule has 154 valence electrons. The molecule has 4 rings (SSSR count). The minimum Gasteiger partial charge on any atom is -0.466 e. The number of aromatic nitrogens is 4. The van der Waals surface area contributed by atoms with Gasteiger partial charge in [0.1, 0.15) is 11.6 Å². The van der Waals surface area contributed by atoms with Crippen LogP contribution in [0.2, 0.25) is 0 Å². The second kappa shape index (κ2) is 7.79. The van der Waals surface area contributed by atoms with Gasteiger partial charge in [0, 0.05) is 23.7 Å². The van der Waals surface area contributed by atoms with Crippen molar-refractivity contribution in [2.24, 2.45) is 7.05 Å². The Morgan fingerprint density at radius 2 is 2.03 bits per heavy atom. The number of nitrogens with one attached hydrogen (secondary N) is 1. The van der Waals surface area contributed by atoms with Crippen molar-refractivity contribution in [3.8, 4) is 17.1 Å². The fraction of sp³-hybridized carbons (Fsp3) is 0.200. The highest BCUT2D eigenvalue weighted by Gasteiger charge is 2.17. The van der Waals surface area contributed by atoms with Gasteiger partial charge in [-0.05, 0) is 43.7 Å². The van der Waals surface area contributed by atoms with Crippen molar-refractivity contribution in [3.05, 3.63) is 52.5 Å². The summed E-state index contributed by atoms with van der Waals surface area (Å²) in [4.78, 5) is 20.9. The third kappa shape index (κ3) is 3.86. The number of rotatable bonds is 5. The van der Waals surface area contributed by atoms with E-state index in [1.807, 2.05) is 19.9 Å². The summed E-state index contributed by atoms with van der Waals surface area (Å²) in [5.74, 6) is -1.30. The Morgan fingerprint density at radius 3 is 2.83 bits per heavy atom. The van der Waals surface area contributed by atoms with Crippen LogP contribution in [0.3, 0.4) is 0 Å². The third-order valence-corrected chi connectivity index (χ3v) is 5.14. The number of halogens is 2. The maximum Gasteiger partial charge on any atom is 0.264 e. The SMILES string of the molecule is Cc1cc(C)c2c(OCC(=O)Nc3nc(-c4cc(F)ccc4F)cs3)nn(C)c2n1. The summed E-state index contributed by atoms with van der Waals surface area (Å²) in [6, 6.07) is 5.04. The molecule has 3 heterocycles. The van der Waals surface area contributed by atoms with Gasteiger partial charge in [0.05, 0.1) is 11.1 Å². The van der Waals surface area contributed by atoms with Gasteiger partial charge in [-0.25, -0.2) is 23.4 Å². The van der Waals surface area contributed by atoms with E-state index in [0.717, 1.165) is 46.2 Å². The standard InChI is InChI=1S/C20H17F2N5O2S/c1-10-6-11(2)23-18-17(10)19(26-27(18)3)29-8-16(28)25-20-24-15(9-30-20)13-7-12(21)4-5-14(13)22/h4-7,9H,8H2,1-3H3,(H,24,25,28). The molecule has 1 N–H and O–H groups in total. The van der Waals surface area contributed by atoms with Crippen molar-refractivity contribution >= 4 is 33.4 Å². The summed E-state index contributed by atoms with van der Waals surface area (Å²) in [6.45, 7) is 3.53. The molecule has 10 heteroatoms. The van der Waals surface area contributed by atoms with Crippen LogP contribution >= 0.6 is 11.3 Å². The van der Waals surface area contributed by atoms with E-state index in [1.54, 1.807) is 11.7 Å². The highest BCUT2D eigenvalue weighted by atomic mass is 32.1.